The van der Waals surface area contributed by atoms with E-state index >= 15 is 0 Å². The van der Waals surface area contributed by atoms with Gasteiger partial charge in [0.25, 0.3) is 0 Å². The van der Waals surface area contributed by atoms with E-state index in [-0.39, 0.29) is 12.1 Å². The number of rotatable bonds is 6. The molecular weight excluding hydrogens is 434 g/mol. The Morgan fingerprint density at radius 2 is 1.73 bits per heavy atom. The molecule has 0 spiro atoms. The van der Waals surface area contributed by atoms with Crippen LogP contribution in [0.25, 0.3) is 0 Å². The van der Waals surface area contributed by atoms with Crippen molar-refractivity contribution in [3.63, 3.8) is 0 Å². The zero-order valence-corrected chi connectivity index (χ0v) is 19.8. The summed E-state index contributed by atoms with van der Waals surface area (Å²) < 4.78 is 28.6. The first-order chi connectivity index (χ1) is 15.9. The summed E-state index contributed by atoms with van der Waals surface area (Å²) in [4.78, 5) is 10.7. The van der Waals surface area contributed by atoms with Gasteiger partial charge in [0.2, 0.25) is 16.4 Å². The zero-order chi connectivity index (χ0) is 23.5. The molecule has 33 heavy (non-hydrogen) atoms. The Kier molecular flexibility index (Phi) is 6.87. The largest absolute Gasteiger partial charge is 0.356 e. The molecule has 174 valence electrons. The first-order valence-corrected chi connectivity index (χ1v) is 13.2. The van der Waals surface area contributed by atoms with E-state index in [1.807, 2.05) is 61.5 Å². The molecule has 2 aliphatic rings. The highest BCUT2D eigenvalue weighted by Crippen LogP contribution is 2.40. The van der Waals surface area contributed by atoms with Crippen molar-refractivity contribution in [1.29, 1.82) is 5.26 Å². The van der Waals surface area contributed by atoms with Gasteiger partial charge in [0.05, 0.1) is 11.5 Å². The first-order valence-electron chi connectivity index (χ1n) is 11.7. The minimum absolute atomic E-state index is 0.0549. The summed E-state index contributed by atoms with van der Waals surface area (Å²) in [6, 6.07) is 19.9. The Bertz CT molecular complexity index is 1100. The quantitative estimate of drug-likeness (QED) is 0.648. The summed E-state index contributed by atoms with van der Waals surface area (Å²) in [7, 11) is -3.48. The fraction of sp³-hybridized carbons (Fsp3) is 0.462. The molecule has 2 aromatic carbocycles. The van der Waals surface area contributed by atoms with Crippen molar-refractivity contribution in [2.45, 2.75) is 74.7 Å². The number of sulfonamides is 1. The summed E-state index contributed by atoms with van der Waals surface area (Å²) >= 11 is 0. The molecule has 1 heterocycles. The molecule has 1 amide bonds. The lowest BCUT2D eigenvalue weighted by molar-refractivity contribution is -0.110. The van der Waals surface area contributed by atoms with Crippen LogP contribution >= 0.6 is 0 Å². The van der Waals surface area contributed by atoms with Crippen molar-refractivity contribution >= 4 is 16.4 Å². The molecule has 1 saturated carbocycles. The number of carbonyl (C=O) groups excluding carboxylic acids is 1. The van der Waals surface area contributed by atoms with E-state index in [0.29, 0.717) is 25.8 Å². The smallest absolute Gasteiger partial charge is 0.221 e. The Hall–Kier alpha value is -2.69. The van der Waals surface area contributed by atoms with E-state index in [1.165, 1.54) is 0 Å². The summed E-state index contributed by atoms with van der Waals surface area (Å²) in [5.41, 5.74) is 2.19. The van der Waals surface area contributed by atoms with Crippen LogP contribution in [-0.4, -0.2) is 31.2 Å². The molecule has 0 aromatic heterocycles. The fourth-order valence-electron chi connectivity index (χ4n) is 5.30. The summed E-state index contributed by atoms with van der Waals surface area (Å²) in [5.74, 6) is 0. The van der Waals surface area contributed by atoms with Crippen LogP contribution in [0.3, 0.4) is 0 Å². The number of hydrogen-bond acceptors (Lipinski definition) is 4. The lowest BCUT2D eigenvalue weighted by Crippen LogP contribution is -2.44. The number of hydrogen-bond donors (Lipinski definition) is 1. The molecule has 2 atom stereocenters. The van der Waals surface area contributed by atoms with Gasteiger partial charge < -0.3 is 5.32 Å². The van der Waals surface area contributed by atoms with Crippen LogP contribution in [0.4, 0.5) is 0 Å². The van der Waals surface area contributed by atoms with Crippen LogP contribution in [-0.2, 0) is 26.8 Å². The maximum Gasteiger partial charge on any atom is 0.221 e. The van der Waals surface area contributed by atoms with Crippen molar-refractivity contribution in [3.05, 3.63) is 71.3 Å². The summed E-state index contributed by atoms with van der Waals surface area (Å²) in [6.45, 7) is 2.31. The second-order valence-corrected chi connectivity index (χ2v) is 11.4. The molecule has 1 N–H and O–H groups in total. The molecule has 1 aliphatic carbocycles. The Labute approximate surface area is 196 Å². The molecule has 4 rings (SSSR count). The zero-order valence-electron chi connectivity index (χ0n) is 19.0. The molecule has 7 heteroatoms. The number of nitriles is 1. The highest BCUT2D eigenvalue weighted by Gasteiger charge is 2.41. The maximum absolute atomic E-state index is 13.5. The Morgan fingerprint density at radius 1 is 1.06 bits per heavy atom. The standard InChI is InChI=1S/C26H31N3O3S/c1-20-7-12-25(22-5-3-2-4-6-22)33(31,32)29(20)17-21-8-10-23(11-9-21)26(18-27)15-13-24(14-16-26)28-19-30/h2-6,8-11,19-20,24-25H,7,12-17H2,1H3,(H,28,30)/t20-,24-,25+,26-/m0/s1. The van der Waals surface area contributed by atoms with Crippen LogP contribution in [0.5, 0.6) is 0 Å². The topological polar surface area (TPSA) is 90.3 Å². The number of nitrogens with one attached hydrogen (secondary N) is 1. The monoisotopic (exact) mass is 465 g/mol. The van der Waals surface area contributed by atoms with Gasteiger partial charge in [0.1, 0.15) is 5.25 Å². The second-order valence-electron chi connectivity index (χ2n) is 9.37. The third-order valence-electron chi connectivity index (χ3n) is 7.40. The van der Waals surface area contributed by atoms with Crippen molar-refractivity contribution in [2.24, 2.45) is 0 Å². The van der Waals surface area contributed by atoms with Gasteiger partial charge in [0.15, 0.2) is 0 Å². The Balaban J connectivity index is 1.51. The highest BCUT2D eigenvalue weighted by atomic mass is 32.2. The van der Waals surface area contributed by atoms with Gasteiger partial charge in [-0.05, 0) is 62.1 Å². The third kappa shape index (κ3) is 4.68. The molecule has 0 radical (unpaired) electrons. The SMILES string of the molecule is C[C@H]1CC[C@H](c2ccccc2)S(=O)(=O)N1Cc1ccc([C@]2(C#N)CC[C@@H](NC=O)CC2)cc1. The molecule has 2 fully saturated rings. The summed E-state index contributed by atoms with van der Waals surface area (Å²) in [6.07, 6.45) is 5.14. The van der Waals surface area contributed by atoms with Crippen LogP contribution in [0.2, 0.25) is 0 Å². The number of carbonyl (C=O) groups is 1. The first kappa shape index (κ1) is 23.5. The van der Waals surface area contributed by atoms with E-state index in [2.05, 4.69) is 11.4 Å². The van der Waals surface area contributed by atoms with Crippen LogP contribution in [0.1, 0.15) is 67.4 Å². The van der Waals surface area contributed by atoms with Gasteiger partial charge in [-0.3, -0.25) is 4.79 Å². The van der Waals surface area contributed by atoms with Crippen molar-refractivity contribution in [3.8, 4) is 6.07 Å². The van der Waals surface area contributed by atoms with Crippen molar-refractivity contribution in [1.82, 2.24) is 9.62 Å². The average Bonchev–Trinajstić information content (AvgIpc) is 2.83. The highest BCUT2D eigenvalue weighted by molar-refractivity contribution is 7.89. The van der Waals surface area contributed by atoms with Gasteiger partial charge in [-0.25, -0.2) is 8.42 Å². The van der Waals surface area contributed by atoms with Gasteiger partial charge in [0, 0.05) is 18.6 Å². The predicted molar refractivity (Wildman–Crippen MR) is 128 cm³/mol. The molecular formula is C26H31N3O3S. The maximum atomic E-state index is 13.5. The molecule has 1 saturated heterocycles. The van der Waals surface area contributed by atoms with Gasteiger partial charge in [-0.1, -0.05) is 54.6 Å². The van der Waals surface area contributed by atoms with Crippen LogP contribution in [0.15, 0.2) is 54.6 Å². The van der Waals surface area contributed by atoms with Gasteiger partial charge >= 0.3 is 0 Å². The third-order valence-corrected chi connectivity index (χ3v) is 9.77. The molecule has 0 unspecified atom stereocenters. The van der Waals surface area contributed by atoms with E-state index in [9.17, 15) is 18.5 Å². The summed E-state index contributed by atoms with van der Waals surface area (Å²) in [5, 5.41) is 12.3. The van der Waals surface area contributed by atoms with E-state index in [1.54, 1.807) is 4.31 Å². The van der Waals surface area contributed by atoms with Gasteiger partial charge in [-0.15, -0.1) is 0 Å². The normalized spacial score (nSPS) is 29.6. The fourth-order valence-corrected chi connectivity index (χ4v) is 7.50. The molecule has 2 aromatic rings. The van der Waals surface area contributed by atoms with Gasteiger partial charge in [-0.2, -0.15) is 9.57 Å². The van der Waals surface area contributed by atoms with Crippen LogP contribution < -0.4 is 5.32 Å². The van der Waals surface area contributed by atoms with Crippen LogP contribution in [0, 0.1) is 11.3 Å². The minimum atomic E-state index is -3.48. The number of amides is 1. The molecule has 0 bridgehead atoms. The lowest BCUT2D eigenvalue weighted by atomic mass is 9.69. The van der Waals surface area contributed by atoms with Crippen molar-refractivity contribution < 1.29 is 13.2 Å². The van der Waals surface area contributed by atoms with E-state index in [0.717, 1.165) is 42.4 Å². The number of benzene rings is 2. The molecule has 6 nitrogen and oxygen atoms in total. The average molecular weight is 466 g/mol. The van der Waals surface area contributed by atoms with Crippen molar-refractivity contribution in [2.75, 3.05) is 0 Å². The van der Waals surface area contributed by atoms with E-state index in [4.69, 9.17) is 0 Å². The molecule has 1 aliphatic heterocycles. The number of nitrogens with zero attached hydrogens (tertiary/aromatic N) is 2. The second kappa shape index (κ2) is 9.66. The predicted octanol–water partition coefficient (Wildman–Crippen LogP) is 4.19. The Morgan fingerprint density at radius 3 is 2.33 bits per heavy atom. The minimum Gasteiger partial charge on any atom is -0.356 e. The lowest BCUT2D eigenvalue weighted by Gasteiger charge is -2.38. The van der Waals surface area contributed by atoms with E-state index < -0.39 is 20.7 Å².